The maximum atomic E-state index is 3.76. The van der Waals surface area contributed by atoms with Gasteiger partial charge >= 0.3 is 0 Å². The second kappa shape index (κ2) is 4.49. The van der Waals surface area contributed by atoms with Crippen molar-refractivity contribution in [2.24, 2.45) is 0 Å². The summed E-state index contributed by atoms with van der Waals surface area (Å²) in [6, 6.07) is 0. The lowest BCUT2D eigenvalue weighted by molar-refractivity contribution is 1.79. The largest absolute Gasteiger partial charge is 0.0929 e. The highest BCUT2D eigenvalue weighted by molar-refractivity contribution is 9.70. The lowest BCUT2D eigenvalue weighted by atomic mass is 10.8. The summed E-state index contributed by atoms with van der Waals surface area (Å²) < 4.78 is 0. The topological polar surface area (TPSA) is 0 Å². The van der Waals surface area contributed by atoms with Gasteiger partial charge in [-0.3, -0.25) is 0 Å². The van der Waals surface area contributed by atoms with E-state index in [0.29, 0.717) is 0 Å². The van der Waals surface area contributed by atoms with E-state index in [1.807, 2.05) is 0 Å². The first-order chi connectivity index (χ1) is 3.18. The Morgan fingerprint density at radius 3 is 2.00 bits per heavy atom. The molecular weight excluding hydrogens is 307 g/mol. The van der Waals surface area contributed by atoms with Crippen molar-refractivity contribution in [3.05, 3.63) is 11.9 Å². The van der Waals surface area contributed by atoms with Gasteiger partial charge in [-0.15, -0.1) is 0 Å². The number of hydrogen-bond acceptors (Lipinski definition) is 0. The molecule has 0 aromatic heterocycles. The van der Waals surface area contributed by atoms with Gasteiger partial charge in [-0.1, -0.05) is 22.5 Å². The number of allylic oxidation sites excluding steroid dienone is 1. The quantitative estimate of drug-likeness (QED) is 0.534. The van der Waals surface area contributed by atoms with Crippen LogP contribution in [0.1, 0.15) is 0 Å². The summed E-state index contributed by atoms with van der Waals surface area (Å²) >= 11 is 9.98. The number of alkyl halides is 1. The van der Waals surface area contributed by atoms with Crippen LogP contribution in [0.5, 0.6) is 0 Å². The predicted octanol–water partition coefficient (Wildman–Crippen LogP) is 4.00. The molecule has 0 N–H and O–H groups in total. The van der Waals surface area contributed by atoms with Crippen LogP contribution in [0.25, 0.3) is 0 Å². The molecule has 0 saturated carbocycles. The molecule has 7 heavy (non-hydrogen) atoms. The Morgan fingerprint density at radius 1 is 1.57 bits per heavy atom. The summed E-state index contributed by atoms with van der Waals surface area (Å²) in [5.41, 5.74) is 0. The van der Waals surface area contributed by atoms with E-state index in [1.54, 1.807) is 0 Å². The summed E-state index contributed by atoms with van der Waals surface area (Å²) in [6.45, 7) is 3.76. The summed E-state index contributed by atoms with van der Waals surface area (Å²) in [6.07, 6.45) is 0. The van der Waals surface area contributed by atoms with Gasteiger partial charge in [0.15, 0.2) is 0 Å². The van der Waals surface area contributed by atoms with Crippen molar-refractivity contribution < 1.29 is 0 Å². The van der Waals surface area contributed by atoms with Gasteiger partial charge in [0.2, 0.25) is 0 Å². The van der Waals surface area contributed by atoms with Gasteiger partial charge in [0.25, 0.3) is 0 Å². The van der Waals surface area contributed by atoms with Crippen molar-refractivity contribution in [1.29, 1.82) is 0 Å². The summed E-state index contributed by atoms with van der Waals surface area (Å²) in [7, 11) is 0. The minimum absolute atomic E-state index is 0.278. The maximum Gasteiger partial charge on any atom is 0.0616 e. The number of rotatable bonds is 2. The molecule has 0 nitrogen and oxygen atoms in total. The third-order valence-corrected chi connectivity index (χ3v) is 5.15. The molecule has 0 spiro atoms. The molecule has 0 aromatic rings. The van der Waals surface area contributed by atoms with Crippen LogP contribution in [0.3, 0.4) is 0 Å². The Morgan fingerprint density at radius 2 is 2.00 bits per heavy atom. The van der Waals surface area contributed by atoms with Crippen LogP contribution in [0.15, 0.2) is 11.9 Å². The highest BCUT2D eigenvalue weighted by Gasteiger charge is 1.98. The zero-order valence-corrected chi connectivity index (χ0v) is 9.15. The Bertz CT molecular complexity index is 70.6. The zero-order valence-electron chi connectivity index (χ0n) is 3.50. The molecule has 0 aliphatic carbocycles. The van der Waals surface area contributed by atoms with Gasteiger partial charge in [0.1, 0.15) is 0 Å². The fourth-order valence-electron chi connectivity index (χ4n) is 0.0452. The average Bonchev–Trinajstić information content (AvgIpc) is 1.65. The van der Waals surface area contributed by atoms with Crippen LogP contribution in [0, 0.1) is 0 Å². The minimum Gasteiger partial charge on any atom is -0.0929 e. The van der Waals surface area contributed by atoms with E-state index in [4.69, 9.17) is 0 Å². The summed E-state index contributed by atoms with van der Waals surface area (Å²) in [5.74, 6) is 0. The molecule has 0 radical (unpaired) electrons. The fraction of sp³-hybridized carbons (Fsp3) is 0.333. The van der Waals surface area contributed by atoms with Crippen molar-refractivity contribution >= 4 is 52.2 Å². The summed E-state index contributed by atoms with van der Waals surface area (Å²) in [5, 5.41) is 1.75. The van der Waals surface area contributed by atoms with Gasteiger partial charge in [0.05, 0.1) is 5.33 Å². The zero-order chi connectivity index (χ0) is 5.86. The highest BCUT2D eigenvalue weighted by atomic mass is 79.9. The van der Waals surface area contributed by atoms with Gasteiger partial charge in [-0.25, -0.2) is 0 Å². The Hall–Kier alpha value is 1.61. The van der Waals surface area contributed by atoms with E-state index in [2.05, 4.69) is 53.5 Å². The third kappa shape index (κ3) is 4.14. The van der Waals surface area contributed by atoms with Crippen LogP contribution < -0.4 is 0 Å². The SMILES string of the molecule is C=C(CBr)P(Br)Br. The van der Waals surface area contributed by atoms with Crippen LogP contribution in [0.4, 0.5) is 0 Å². The lowest BCUT2D eigenvalue weighted by Crippen LogP contribution is -1.65. The second-order valence-electron chi connectivity index (χ2n) is 0.933. The molecule has 0 fully saturated rings. The number of hydrogen-bond donors (Lipinski definition) is 0. The van der Waals surface area contributed by atoms with Crippen molar-refractivity contribution in [1.82, 2.24) is 0 Å². The monoisotopic (exact) mass is 308 g/mol. The van der Waals surface area contributed by atoms with Crippen LogP contribution >= 0.6 is 52.2 Å². The van der Waals surface area contributed by atoms with E-state index in [9.17, 15) is 0 Å². The predicted molar refractivity (Wildman–Crippen MR) is 47.7 cm³/mol. The van der Waals surface area contributed by atoms with Crippen molar-refractivity contribution in [3.8, 4) is 0 Å². The van der Waals surface area contributed by atoms with Crippen molar-refractivity contribution in [2.45, 2.75) is 0 Å². The first-order valence-corrected chi connectivity index (χ1v) is 8.04. The Labute approximate surface area is 69.1 Å². The van der Waals surface area contributed by atoms with E-state index in [-0.39, 0.29) is 5.33 Å². The van der Waals surface area contributed by atoms with Gasteiger partial charge in [0, 0.05) is 5.33 Å². The second-order valence-corrected chi connectivity index (χ2v) is 9.70. The molecule has 0 aliphatic heterocycles. The molecule has 42 valence electrons. The highest BCUT2D eigenvalue weighted by Crippen LogP contribution is 2.58. The molecule has 0 heterocycles. The molecule has 0 rings (SSSR count). The van der Waals surface area contributed by atoms with Gasteiger partial charge in [-0.05, 0) is 36.3 Å². The van der Waals surface area contributed by atoms with E-state index in [0.717, 1.165) is 10.6 Å². The minimum atomic E-state index is -0.278. The Balaban J connectivity index is 3.35. The standard InChI is InChI=1S/C3H4Br3P/c1-3(2-4)7(5)6/h1-2H2. The molecule has 0 saturated heterocycles. The maximum absolute atomic E-state index is 3.76. The van der Waals surface area contributed by atoms with Crippen LogP contribution in [-0.2, 0) is 0 Å². The first kappa shape index (κ1) is 8.61. The van der Waals surface area contributed by atoms with Gasteiger partial charge in [-0.2, -0.15) is 0 Å². The van der Waals surface area contributed by atoms with Crippen LogP contribution in [0.2, 0.25) is 0 Å². The average molecular weight is 311 g/mol. The smallest absolute Gasteiger partial charge is 0.0616 e. The van der Waals surface area contributed by atoms with E-state index in [1.165, 1.54) is 0 Å². The van der Waals surface area contributed by atoms with Crippen molar-refractivity contribution in [3.63, 3.8) is 0 Å². The fourth-order valence-corrected chi connectivity index (χ4v) is 3.66. The summed E-state index contributed by atoms with van der Waals surface area (Å²) in [4.78, 5) is 0. The Kier molecular flexibility index (Phi) is 5.52. The molecule has 4 heteroatoms. The third-order valence-electron chi connectivity index (χ3n) is 0.393. The van der Waals surface area contributed by atoms with Crippen LogP contribution in [-0.4, -0.2) is 5.33 Å². The molecule has 0 amide bonds. The molecule has 0 aromatic carbocycles. The van der Waals surface area contributed by atoms with Gasteiger partial charge < -0.3 is 0 Å². The lowest BCUT2D eigenvalue weighted by Gasteiger charge is -1.97. The molecule has 0 atom stereocenters. The van der Waals surface area contributed by atoms with Crippen molar-refractivity contribution in [2.75, 3.05) is 5.33 Å². The molecule has 0 unspecified atom stereocenters. The normalized spacial score (nSPS) is 9.71. The molecular formula is C3H4Br3P. The first-order valence-electron chi connectivity index (χ1n) is 1.54. The molecule has 0 aliphatic rings. The number of halogens is 3. The van der Waals surface area contributed by atoms with E-state index >= 15 is 0 Å². The van der Waals surface area contributed by atoms with E-state index < -0.39 is 0 Å². The molecule has 0 bridgehead atoms.